The number of rotatable bonds is 9. The maximum Gasteiger partial charge on any atom is 0.220 e. The average molecular weight is 343 g/mol. The van der Waals surface area contributed by atoms with Crippen LogP contribution >= 0.6 is 0 Å². The lowest BCUT2D eigenvalue weighted by molar-refractivity contribution is -0.121. The molecule has 0 radical (unpaired) electrons. The van der Waals surface area contributed by atoms with Crippen LogP contribution in [0.4, 0.5) is 0 Å². The first-order valence-corrected chi connectivity index (χ1v) is 8.29. The number of aryl methyl sites for hydroxylation is 2. The predicted octanol–water partition coefficient (Wildman–Crippen LogP) is 3.14. The molecule has 0 aromatic heterocycles. The largest absolute Gasteiger partial charge is 0.497 e. The van der Waals surface area contributed by atoms with E-state index in [2.05, 4.69) is 5.32 Å². The Kier molecular flexibility index (Phi) is 7.14. The molecule has 0 saturated heterocycles. The number of ether oxygens (including phenoxy) is 3. The van der Waals surface area contributed by atoms with E-state index in [0.717, 1.165) is 22.8 Å². The smallest absolute Gasteiger partial charge is 0.220 e. The molecular weight excluding hydrogens is 318 g/mol. The molecule has 5 heteroatoms. The lowest BCUT2D eigenvalue weighted by Crippen LogP contribution is -2.28. The summed E-state index contributed by atoms with van der Waals surface area (Å²) in [5.41, 5.74) is 2.14. The van der Waals surface area contributed by atoms with E-state index >= 15 is 0 Å². The summed E-state index contributed by atoms with van der Waals surface area (Å²) in [5, 5.41) is 2.86. The Bertz CT molecular complexity index is 683. The highest BCUT2D eigenvalue weighted by Crippen LogP contribution is 2.25. The molecular formula is C20H25NO4. The molecule has 0 aliphatic carbocycles. The van der Waals surface area contributed by atoms with Crippen LogP contribution in [0.15, 0.2) is 42.5 Å². The molecule has 1 N–H and O–H groups in total. The Hall–Kier alpha value is -2.69. The molecule has 134 valence electrons. The van der Waals surface area contributed by atoms with Crippen LogP contribution in [0.3, 0.4) is 0 Å². The molecule has 2 rings (SSSR count). The van der Waals surface area contributed by atoms with Crippen LogP contribution in [0.5, 0.6) is 17.2 Å². The van der Waals surface area contributed by atoms with Crippen LogP contribution in [-0.2, 0) is 11.2 Å². The molecule has 2 aromatic carbocycles. The molecule has 0 unspecified atom stereocenters. The Labute approximate surface area is 148 Å². The van der Waals surface area contributed by atoms with Crippen molar-refractivity contribution in [2.75, 3.05) is 27.4 Å². The predicted molar refractivity (Wildman–Crippen MR) is 97.6 cm³/mol. The fourth-order valence-corrected chi connectivity index (χ4v) is 2.41. The normalized spacial score (nSPS) is 10.2. The number of hydrogen-bond donors (Lipinski definition) is 1. The minimum atomic E-state index is -0.0163. The monoisotopic (exact) mass is 343 g/mol. The van der Waals surface area contributed by atoms with Crippen molar-refractivity contribution >= 4 is 5.91 Å². The number of benzene rings is 2. The van der Waals surface area contributed by atoms with Gasteiger partial charge in [-0.15, -0.1) is 0 Å². The molecule has 2 aromatic rings. The van der Waals surface area contributed by atoms with Gasteiger partial charge in [0.15, 0.2) is 0 Å². The van der Waals surface area contributed by atoms with E-state index < -0.39 is 0 Å². The summed E-state index contributed by atoms with van der Waals surface area (Å²) >= 11 is 0. The second-order valence-corrected chi connectivity index (χ2v) is 5.69. The van der Waals surface area contributed by atoms with E-state index in [9.17, 15) is 4.79 Å². The van der Waals surface area contributed by atoms with Gasteiger partial charge < -0.3 is 19.5 Å². The second kappa shape index (κ2) is 9.57. The van der Waals surface area contributed by atoms with Crippen molar-refractivity contribution in [1.29, 1.82) is 0 Å². The van der Waals surface area contributed by atoms with Crippen LogP contribution in [0.1, 0.15) is 17.5 Å². The van der Waals surface area contributed by atoms with Gasteiger partial charge in [-0.25, -0.2) is 0 Å². The lowest BCUT2D eigenvalue weighted by Gasteiger charge is -2.11. The van der Waals surface area contributed by atoms with Crippen molar-refractivity contribution in [3.05, 3.63) is 53.6 Å². The van der Waals surface area contributed by atoms with E-state index in [1.807, 2.05) is 49.4 Å². The summed E-state index contributed by atoms with van der Waals surface area (Å²) in [4.78, 5) is 12.0. The minimum Gasteiger partial charge on any atom is -0.497 e. The number of hydrogen-bond acceptors (Lipinski definition) is 4. The Balaban J connectivity index is 1.72. The van der Waals surface area contributed by atoms with Crippen molar-refractivity contribution < 1.29 is 19.0 Å². The van der Waals surface area contributed by atoms with Crippen LogP contribution in [-0.4, -0.2) is 33.3 Å². The quantitative estimate of drug-likeness (QED) is 0.711. The number of carbonyl (C=O) groups excluding carboxylic acids is 1. The fraction of sp³-hybridized carbons (Fsp3) is 0.350. The third kappa shape index (κ3) is 6.03. The molecule has 1 amide bonds. The summed E-state index contributed by atoms with van der Waals surface area (Å²) in [6.07, 6.45) is 0.971. The second-order valence-electron chi connectivity index (χ2n) is 5.69. The van der Waals surface area contributed by atoms with Gasteiger partial charge in [-0.05, 0) is 49.2 Å². The minimum absolute atomic E-state index is 0.0163. The molecule has 0 fully saturated rings. The summed E-state index contributed by atoms with van der Waals surface area (Å²) in [6, 6.07) is 13.4. The van der Waals surface area contributed by atoms with Crippen molar-refractivity contribution in [1.82, 2.24) is 5.32 Å². The molecule has 0 atom stereocenters. The molecule has 0 bridgehead atoms. The Morgan fingerprint density at radius 1 is 1.00 bits per heavy atom. The van der Waals surface area contributed by atoms with Gasteiger partial charge in [-0.1, -0.05) is 17.7 Å². The van der Waals surface area contributed by atoms with Crippen molar-refractivity contribution in [3.8, 4) is 17.2 Å². The van der Waals surface area contributed by atoms with Crippen LogP contribution < -0.4 is 19.5 Å². The molecule has 25 heavy (non-hydrogen) atoms. The van der Waals surface area contributed by atoms with Crippen molar-refractivity contribution in [3.63, 3.8) is 0 Å². The molecule has 0 spiro atoms. The zero-order valence-corrected chi connectivity index (χ0v) is 15.0. The molecule has 0 aliphatic heterocycles. The maximum atomic E-state index is 12.0. The number of amides is 1. The Morgan fingerprint density at radius 2 is 1.72 bits per heavy atom. The van der Waals surface area contributed by atoms with Crippen LogP contribution in [0, 0.1) is 6.92 Å². The topological polar surface area (TPSA) is 56.8 Å². The highest BCUT2D eigenvalue weighted by molar-refractivity contribution is 5.76. The van der Waals surface area contributed by atoms with Crippen LogP contribution in [0.25, 0.3) is 0 Å². The number of methoxy groups -OCH3 is 2. The molecule has 5 nitrogen and oxygen atoms in total. The fourth-order valence-electron chi connectivity index (χ4n) is 2.41. The molecule has 0 saturated carbocycles. The van der Waals surface area contributed by atoms with Gasteiger partial charge in [0.1, 0.15) is 23.9 Å². The SMILES string of the molecule is COc1ccc(OC)c(CCC(=O)NCCOc2ccc(C)cc2)c1. The number of carbonyl (C=O) groups is 1. The molecule has 0 heterocycles. The van der Waals surface area contributed by atoms with Crippen LogP contribution in [0.2, 0.25) is 0 Å². The van der Waals surface area contributed by atoms with E-state index in [1.165, 1.54) is 5.56 Å². The Morgan fingerprint density at radius 3 is 2.40 bits per heavy atom. The van der Waals surface area contributed by atoms with Gasteiger partial charge in [0.2, 0.25) is 5.91 Å². The third-order valence-electron chi connectivity index (χ3n) is 3.82. The van der Waals surface area contributed by atoms with Gasteiger partial charge in [0.05, 0.1) is 20.8 Å². The zero-order valence-electron chi connectivity index (χ0n) is 15.0. The first-order valence-electron chi connectivity index (χ1n) is 8.29. The van der Waals surface area contributed by atoms with Crippen molar-refractivity contribution in [2.24, 2.45) is 0 Å². The van der Waals surface area contributed by atoms with Gasteiger partial charge in [0.25, 0.3) is 0 Å². The van der Waals surface area contributed by atoms with Gasteiger partial charge >= 0.3 is 0 Å². The standard InChI is InChI=1S/C20H25NO4/c1-15-4-7-17(8-5-15)25-13-12-21-20(22)11-6-16-14-18(23-2)9-10-19(16)24-3/h4-5,7-10,14H,6,11-13H2,1-3H3,(H,21,22). The highest BCUT2D eigenvalue weighted by Gasteiger charge is 2.08. The summed E-state index contributed by atoms with van der Waals surface area (Å²) in [6.45, 7) is 2.94. The summed E-state index contributed by atoms with van der Waals surface area (Å²) in [7, 11) is 3.24. The van der Waals surface area contributed by atoms with E-state index in [4.69, 9.17) is 14.2 Å². The van der Waals surface area contributed by atoms with Gasteiger partial charge in [-0.2, -0.15) is 0 Å². The summed E-state index contributed by atoms with van der Waals surface area (Å²) < 4.78 is 16.1. The third-order valence-corrected chi connectivity index (χ3v) is 3.82. The maximum absolute atomic E-state index is 12.0. The summed E-state index contributed by atoms with van der Waals surface area (Å²) in [5.74, 6) is 2.30. The van der Waals surface area contributed by atoms with E-state index in [1.54, 1.807) is 14.2 Å². The van der Waals surface area contributed by atoms with E-state index in [-0.39, 0.29) is 5.91 Å². The average Bonchev–Trinajstić information content (AvgIpc) is 2.64. The van der Waals surface area contributed by atoms with E-state index in [0.29, 0.717) is 26.0 Å². The van der Waals surface area contributed by atoms with Gasteiger partial charge in [-0.3, -0.25) is 4.79 Å². The highest BCUT2D eigenvalue weighted by atomic mass is 16.5. The van der Waals surface area contributed by atoms with Crippen molar-refractivity contribution in [2.45, 2.75) is 19.8 Å². The lowest BCUT2D eigenvalue weighted by atomic mass is 10.1. The zero-order chi connectivity index (χ0) is 18.1. The molecule has 0 aliphatic rings. The first-order chi connectivity index (χ1) is 12.1. The van der Waals surface area contributed by atoms with Gasteiger partial charge in [0, 0.05) is 6.42 Å². The number of nitrogens with one attached hydrogen (secondary N) is 1. The first kappa shape index (κ1) is 18.6.